The lowest BCUT2D eigenvalue weighted by Gasteiger charge is -2.43. The molecule has 0 atom stereocenters. The molecule has 0 spiro atoms. The molecule has 2 aromatic rings. The summed E-state index contributed by atoms with van der Waals surface area (Å²) in [5, 5.41) is 0. The van der Waals surface area contributed by atoms with Crippen LogP contribution in [0.2, 0.25) is 0 Å². The maximum atomic E-state index is 11.1. The van der Waals surface area contributed by atoms with E-state index in [9.17, 15) is 4.79 Å². The third kappa shape index (κ3) is 4.16. The maximum Gasteiger partial charge on any atom is 0.218 e. The lowest BCUT2D eigenvalue weighted by molar-refractivity contribution is -0.118. The van der Waals surface area contributed by atoms with Crippen molar-refractivity contribution in [1.29, 1.82) is 0 Å². The number of hydrogen-bond donors (Lipinski definition) is 1. The van der Waals surface area contributed by atoms with Crippen LogP contribution >= 0.6 is 0 Å². The highest BCUT2D eigenvalue weighted by atomic mass is 16.5. The Hall–Kier alpha value is -2.33. The molecule has 3 rings (SSSR count). The maximum absolute atomic E-state index is 11.1. The van der Waals surface area contributed by atoms with Gasteiger partial charge in [0.1, 0.15) is 5.75 Å². The number of likely N-dealkylation sites (tertiary alicyclic amines) is 1. The van der Waals surface area contributed by atoms with E-state index in [1.54, 1.807) is 7.11 Å². The molecule has 0 aliphatic carbocycles. The van der Waals surface area contributed by atoms with E-state index in [1.165, 1.54) is 22.3 Å². The molecule has 0 bridgehead atoms. The van der Waals surface area contributed by atoms with Gasteiger partial charge in [-0.15, -0.1) is 0 Å². The molecule has 2 N–H and O–H groups in total. The average Bonchev–Trinajstić information content (AvgIpc) is 2.67. The minimum absolute atomic E-state index is 0.0751. The van der Waals surface area contributed by atoms with Crippen LogP contribution in [0.5, 0.6) is 5.75 Å². The minimum atomic E-state index is -0.231. The molecule has 0 aromatic heterocycles. The minimum Gasteiger partial charge on any atom is -0.496 e. The number of carbonyl (C=O) groups is 1. The average molecular weight is 367 g/mol. The van der Waals surface area contributed by atoms with Crippen LogP contribution in [-0.2, 0) is 10.2 Å². The number of rotatable bonds is 6. The topological polar surface area (TPSA) is 55.6 Å². The number of piperidine rings is 1. The molecule has 1 aliphatic rings. The Kier molecular flexibility index (Phi) is 5.85. The summed E-state index contributed by atoms with van der Waals surface area (Å²) in [5.74, 6) is 0.720. The van der Waals surface area contributed by atoms with E-state index >= 15 is 0 Å². The van der Waals surface area contributed by atoms with E-state index in [-0.39, 0.29) is 11.3 Å². The van der Waals surface area contributed by atoms with E-state index in [4.69, 9.17) is 10.5 Å². The Morgan fingerprint density at radius 3 is 2.30 bits per heavy atom. The molecule has 144 valence electrons. The molecule has 27 heavy (non-hydrogen) atoms. The van der Waals surface area contributed by atoms with Gasteiger partial charge < -0.3 is 15.4 Å². The van der Waals surface area contributed by atoms with Crippen LogP contribution in [0.4, 0.5) is 0 Å². The van der Waals surface area contributed by atoms with Gasteiger partial charge in [0.25, 0.3) is 0 Å². The number of hydrogen-bond acceptors (Lipinski definition) is 3. The molecular weight excluding hydrogens is 336 g/mol. The zero-order chi connectivity index (χ0) is 19.4. The lowest BCUT2D eigenvalue weighted by atomic mass is 9.67. The van der Waals surface area contributed by atoms with Gasteiger partial charge in [0.05, 0.1) is 7.11 Å². The number of carbonyl (C=O) groups excluding carboxylic acids is 1. The van der Waals surface area contributed by atoms with Gasteiger partial charge in [-0.1, -0.05) is 47.5 Å². The molecule has 4 nitrogen and oxygen atoms in total. The van der Waals surface area contributed by atoms with Crippen molar-refractivity contribution in [2.75, 3.05) is 26.7 Å². The fraction of sp³-hybridized carbons (Fsp3) is 0.435. The molecule has 0 radical (unpaired) electrons. The highest BCUT2D eigenvalue weighted by Crippen LogP contribution is 2.45. The molecule has 0 unspecified atom stereocenters. The van der Waals surface area contributed by atoms with Gasteiger partial charge in [-0.3, -0.25) is 4.79 Å². The van der Waals surface area contributed by atoms with Crippen LogP contribution in [0.25, 0.3) is 0 Å². The van der Waals surface area contributed by atoms with E-state index in [2.05, 4.69) is 61.2 Å². The summed E-state index contributed by atoms with van der Waals surface area (Å²) >= 11 is 0. The van der Waals surface area contributed by atoms with Crippen molar-refractivity contribution >= 4 is 5.91 Å². The van der Waals surface area contributed by atoms with Crippen molar-refractivity contribution in [3.63, 3.8) is 0 Å². The second-order valence-corrected chi connectivity index (χ2v) is 7.71. The molecule has 1 heterocycles. The first-order chi connectivity index (χ1) is 12.9. The fourth-order valence-electron chi connectivity index (χ4n) is 4.21. The molecular formula is C23H30N2O2. The highest BCUT2D eigenvalue weighted by Gasteiger charge is 2.39. The molecule has 0 saturated carbocycles. The molecule has 2 aromatic carbocycles. The quantitative estimate of drug-likeness (QED) is 0.850. The SMILES string of the molecule is COc1ccc(C)cc1C1(c2ccc(C)cc2)CCN(CCC(N)=O)CC1. The number of amides is 1. The van der Waals surface area contributed by atoms with Gasteiger partial charge in [0, 0.05) is 23.9 Å². The largest absolute Gasteiger partial charge is 0.496 e. The number of benzene rings is 2. The predicted octanol–water partition coefficient (Wildman–Crippen LogP) is 3.57. The van der Waals surface area contributed by atoms with E-state index in [1.807, 2.05) is 0 Å². The number of aryl methyl sites for hydroxylation is 2. The van der Waals surface area contributed by atoms with Crippen molar-refractivity contribution in [1.82, 2.24) is 4.90 Å². The number of methoxy groups -OCH3 is 1. The second kappa shape index (κ2) is 8.13. The lowest BCUT2D eigenvalue weighted by Crippen LogP contribution is -2.44. The van der Waals surface area contributed by atoms with Crippen LogP contribution in [0.3, 0.4) is 0 Å². The molecule has 4 heteroatoms. The third-order valence-electron chi connectivity index (χ3n) is 5.86. The number of nitrogens with two attached hydrogens (primary N) is 1. The van der Waals surface area contributed by atoms with Crippen LogP contribution in [0.15, 0.2) is 42.5 Å². The molecule has 1 fully saturated rings. The normalized spacial score (nSPS) is 16.9. The van der Waals surface area contributed by atoms with E-state index in [0.717, 1.165) is 38.2 Å². The summed E-state index contributed by atoms with van der Waals surface area (Å²) in [5.41, 5.74) is 10.4. The van der Waals surface area contributed by atoms with Gasteiger partial charge in [0.15, 0.2) is 0 Å². The predicted molar refractivity (Wildman–Crippen MR) is 109 cm³/mol. The van der Waals surface area contributed by atoms with Crippen LogP contribution in [0, 0.1) is 13.8 Å². The van der Waals surface area contributed by atoms with Crippen molar-refractivity contribution in [2.24, 2.45) is 5.73 Å². The van der Waals surface area contributed by atoms with E-state index < -0.39 is 0 Å². The molecule has 1 aliphatic heterocycles. The summed E-state index contributed by atoms with van der Waals surface area (Å²) < 4.78 is 5.75. The first-order valence-corrected chi connectivity index (χ1v) is 9.67. The van der Waals surface area contributed by atoms with Gasteiger partial charge in [-0.05, 0) is 51.4 Å². The number of ether oxygens (including phenoxy) is 1. The summed E-state index contributed by atoms with van der Waals surface area (Å²) in [7, 11) is 1.75. The Bertz CT molecular complexity index is 791. The highest BCUT2D eigenvalue weighted by molar-refractivity contribution is 5.73. The summed E-state index contributed by atoms with van der Waals surface area (Å²) in [4.78, 5) is 13.5. The third-order valence-corrected chi connectivity index (χ3v) is 5.86. The van der Waals surface area contributed by atoms with Gasteiger partial charge >= 0.3 is 0 Å². The van der Waals surface area contributed by atoms with Crippen LogP contribution in [0.1, 0.15) is 41.5 Å². The van der Waals surface area contributed by atoms with Crippen LogP contribution < -0.4 is 10.5 Å². The van der Waals surface area contributed by atoms with Gasteiger partial charge in [-0.25, -0.2) is 0 Å². The Morgan fingerprint density at radius 1 is 1.07 bits per heavy atom. The van der Waals surface area contributed by atoms with Crippen molar-refractivity contribution in [3.8, 4) is 5.75 Å². The second-order valence-electron chi connectivity index (χ2n) is 7.71. The monoisotopic (exact) mass is 366 g/mol. The molecule has 1 amide bonds. The van der Waals surface area contributed by atoms with Crippen molar-refractivity contribution in [2.45, 2.75) is 38.5 Å². The van der Waals surface area contributed by atoms with Gasteiger partial charge in [0.2, 0.25) is 5.91 Å². The standard InChI is InChI=1S/C23H30N2O2/c1-17-4-7-19(8-5-17)23(20-16-18(2)6-9-21(20)27-3)11-14-25(15-12-23)13-10-22(24)26/h4-9,16H,10-15H2,1-3H3,(H2,24,26). The Morgan fingerprint density at radius 2 is 1.70 bits per heavy atom. The Labute approximate surface area is 162 Å². The number of nitrogens with zero attached hydrogens (tertiary/aromatic N) is 1. The fourth-order valence-corrected chi connectivity index (χ4v) is 4.21. The van der Waals surface area contributed by atoms with Crippen LogP contribution in [-0.4, -0.2) is 37.6 Å². The zero-order valence-electron chi connectivity index (χ0n) is 16.6. The molecule has 1 saturated heterocycles. The first kappa shape index (κ1) is 19.4. The summed E-state index contributed by atoms with van der Waals surface area (Å²) in [6.07, 6.45) is 2.41. The summed E-state index contributed by atoms with van der Waals surface area (Å²) in [6, 6.07) is 15.4. The smallest absolute Gasteiger partial charge is 0.218 e. The number of primary amides is 1. The van der Waals surface area contributed by atoms with Crippen molar-refractivity contribution < 1.29 is 9.53 Å². The van der Waals surface area contributed by atoms with Crippen molar-refractivity contribution in [3.05, 3.63) is 64.7 Å². The Balaban J connectivity index is 1.98. The van der Waals surface area contributed by atoms with E-state index in [0.29, 0.717) is 6.42 Å². The zero-order valence-corrected chi connectivity index (χ0v) is 16.6. The summed E-state index contributed by atoms with van der Waals surface area (Å²) in [6.45, 7) is 6.88. The first-order valence-electron chi connectivity index (χ1n) is 9.67. The van der Waals surface area contributed by atoms with Gasteiger partial charge in [-0.2, -0.15) is 0 Å².